The fourth-order valence-corrected chi connectivity index (χ4v) is 5.82. The van der Waals surface area contributed by atoms with E-state index in [1.165, 1.54) is 16.9 Å². The molecule has 1 aliphatic rings. The van der Waals surface area contributed by atoms with Crippen LogP contribution in [0.5, 0.6) is 5.75 Å². The summed E-state index contributed by atoms with van der Waals surface area (Å²) < 4.78 is 5.25. The minimum absolute atomic E-state index is 0.126. The number of rotatable bonds is 5. The summed E-state index contributed by atoms with van der Waals surface area (Å²) in [4.78, 5) is 23.1. The van der Waals surface area contributed by atoms with Gasteiger partial charge >= 0.3 is 0 Å². The molecule has 0 atom stereocenters. The van der Waals surface area contributed by atoms with Crippen LogP contribution in [0.15, 0.2) is 48.5 Å². The molecule has 1 fully saturated rings. The van der Waals surface area contributed by atoms with Crippen LogP contribution in [-0.2, 0) is 6.42 Å². The number of ether oxygens (including phenoxy) is 1. The van der Waals surface area contributed by atoms with Crippen LogP contribution in [-0.4, -0.2) is 49.1 Å². The molecule has 37 heavy (non-hydrogen) atoms. The fourth-order valence-electron chi connectivity index (χ4n) is 4.74. The van der Waals surface area contributed by atoms with Crippen molar-refractivity contribution in [2.75, 3.05) is 49.7 Å². The van der Waals surface area contributed by atoms with E-state index in [1.54, 1.807) is 7.11 Å². The van der Waals surface area contributed by atoms with E-state index in [0.29, 0.717) is 52.5 Å². The lowest BCUT2D eigenvalue weighted by Crippen LogP contribution is -2.48. The molecule has 3 heterocycles. The number of methoxy groups -OCH3 is 1. The van der Waals surface area contributed by atoms with E-state index in [9.17, 15) is 10.1 Å². The number of nitrogens with zero attached hydrogens (tertiary/aromatic N) is 4. The number of carbonyl (C=O) groups excluding carboxylic acids is 1. The van der Waals surface area contributed by atoms with E-state index < -0.39 is 0 Å². The van der Waals surface area contributed by atoms with E-state index in [4.69, 9.17) is 16.2 Å². The fraction of sp³-hybridized carbons (Fsp3) is 0.250. The third kappa shape index (κ3) is 4.41. The number of nitrogens with two attached hydrogens (primary N) is 2. The van der Waals surface area contributed by atoms with Crippen molar-refractivity contribution in [3.05, 3.63) is 64.5 Å². The lowest BCUT2D eigenvalue weighted by molar-refractivity contribution is 0.0752. The molecule has 188 valence electrons. The molecule has 0 radical (unpaired) electrons. The molecule has 0 bridgehead atoms. The van der Waals surface area contributed by atoms with Crippen LogP contribution in [0.1, 0.15) is 27.7 Å². The van der Waals surface area contributed by atoms with Crippen molar-refractivity contribution in [3.8, 4) is 22.9 Å². The number of hydrogen-bond donors (Lipinski definition) is 2. The van der Waals surface area contributed by atoms with Crippen LogP contribution >= 0.6 is 11.3 Å². The third-order valence-corrected chi connectivity index (χ3v) is 7.95. The molecule has 1 saturated heterocycles. The van der Waals surface area contributed by atoms with E-state index in [1.807, 2.05) is 53.4 Å². The van der Waals surface area contributed by atoms with Gasteiger partial charge in [-0.15, -0.1) is 11.3 Å². The zero-order chi connectivity index (χ0) is 26.1. The predicted molar refractivity (Wildman–Crippen MR) is 149 cm³/mol. The molecule has 0 saturated carbocycles. The monoisotopic (exact) mass is 512 g/mol. The first-order chi connectivity index (χ1) is 17.9. The van der Waals surface area contributed by atoms with Crippen LogP contribution in [0.3, 0.4) is 0 Å². The second kappa shape index (κ2) is 9.99. The highest BCUT2D eigenvalue weighted by molar-refractivity contribution is 7.21. The van der Waals surface area contributed by atoms with Gasteiger partial charge in [0.2, 0.25) is 0 Å². The summed E-state index contributed by atoms with van der Waals surface area (Å²) in [6.45, 7) is 4.65. The summed E-state index contributed by atoms with van der Waals surface area (Å²) in [6, 6.07) is 18.1. The normalized spacial score (nSPS) is 13.5. The molecule has 4 N–H and O–H groups in total. The number of piperazine rings is 1. The highest BCUT2D eigenvalue weighted by Gasteiger charge is 2.29. The molecule has 2 aromatic heterocycles. The summed E-state index contributed by atoms with van der Waals surface area (Å²) in [5.41, 5.74) is 17.1. The van der Waals surface area contributed by atoms with E-state index in [0.717, 1.165) is 23.4 Å². The van der Waals surface area contributed by atoms with Gasteiger partial charge in [0.25, 0.3) is 5.91 Å². The Balaban J connectivity index is 1.46. The Morgan fingerprint density at radius 1 is 1.08 bits per heavy atom. The number of carbonyl (C=O) groups is 1. The van der Waals surface area contributed by atoms with Crippen molar-refractivity contribution >= 4 is 44.7 Å². The first-order valence-corrected chi connectivity index (χ1v) is 13.0. The second-order valence-electron chi connectivity index (χ2n) is 8.91. The largest absolute Gasteiger partial charge is 0.497 e. The van der Waals surface area contributed by atoms with Gasteiger partial charge in [0.1, 0.15) is 32.9 Å². The Labute approximate surface area is 219 Å². The van der Waals surface area contributed by atoms with Gasteiger partial charge in [0.05, 0.1) is 12.8 Å². The van der Waals surface area contributed by atoms with Crippen molar-refractivity contribution in [1.29, 1.82) is 5.26 Å². The molecule has 0 aliphatic carbocycles. The lowest BCUT2D eigenvalue weighted by atomic mass is 9.96. The molecule has 4 aromatic rings. The Morgan fingerprint density at radius 3 is 2.35 bits per heavy atom. The van der Waals surface area contributed by atoms with Gasteiger partial charge in [0.15, 0.2) is 0 Å². The van der Waals surface area contributed by atoms with E-state index >= 15 is 0 Å². The lowest BCUT2D eigenvalue weighted by Gasteiger charge is -2.36. The first-order valence-electron chi connectivity index (χ1n) is 12.1. The quantitative estimate of drug-likeness (QED) is 0.403. The van der Waals surface area contributed by atoms with Gasteiger partial charge in [-0.25, -0.2) is 4.98 Å². The Kier molecular flexibility index (Phi) is 6.59. The minimum Gasteiger partial charge on any atom is -0.497 e. The number of benzene rings is 2. The van der Waals surface area contributed by atoms with E-state index in [2.05, 4.69) is 22.9 Å². The maximum Gasteiger partial charge on any atom is 0.266 e. The van der Waals surface area contributed by atoms with Crippen LogP contribution in [0, 0.1) is 11.3 Å². The van der Waals surface area contributed by atoms with E-state index in [-0.39, 0.29) is 17.3 Å². The van der Waals surface area contributed by atoms with Crippen molar-refractivity contribution in [2.45, 2.75) is 13.3 Å². The second-order valence-corrected chi connectivity index (χ2v) is 9.91. The molecule has 2 aromatic carbocycles. The van der Waals surface area contributed by atoms with Gasteiger partial charge in [-0.2, -0.15) is 5.26 Å². The number of amides is 1. The minimum atomic E-state index is -0.126. The van der Waals surface area contributed by atoms with Crippen molar-refractivity contribution in [3.63, 3.8) is 0 Å². The maximum atomic E-state index is 13.6. The van der Waals surface area contributed by atoms with Crippen molar-refractivity contribution in [1.82, 2.24) is 9.88 Å². The SMILES string of the molecule is CCc1ccc(-c2c(C#N)c(N)nc3sc(C(=O)N4CCN(c5ccc(OC)cc5)CC4)c(N)c23)cc1. The molecule has 8 nitrogen and oxygen atoms in total. The average Bonchev–Trinajstić information content (AvgIpc) is 3.27. The van der Waals surface area contributed by atoms with Gasteiger partial charge in [-0.3, -0.25) is 4.79 Å². The third-order valence-electron chi connectivity index (χ3n) is 6.87. The summed E-state index contributed by atoms with van der Waals surface area (Å²) in [6.07, 6.45) is 0.907. The molecular formula is C28H28N6O2S. The van der Waals surface area contributed by atoms with Gasteiger partial charge in [-0.05, 0) is 41.8 Å². The number of thiophene rings is 1. The van der Waals surface area contributed by atoms with Crippen molar-refractivity contribution in [2.24, 2.45) is 0 Å². The van der Waals surface area contributed by atoms with Crippen LogP contribution in [0.2, 0.25) is 0 Å². The molecule has 5 rings (SSSR count). The van der Waals surface area contributed by atoms with Gasteiger partial charge in [0, 0.05) is 42.8 Å². The number of aryl methyl sites for hydroxylation is 1. The Hall–Kier alpha value is -4.29. The number of pyridine rings is 1. The maximum absolute atomic E-state index is 13.6. The van der Waals surface area contributed by atoms with Gasteiger partial charge < -0.3 is 26.0 Å². The zero-order valence-electron chi connectivity index (χ0n) is 20.8. The topological polar surface area (TPSA) is 122 Å². The molecule has 1 amide bonds. The highest BCUT2D eigenvalue weighted by atomic mass is 32.1. The summed E-state index contributed by atoms with van der Waals surface area (Å²) in [5, 5.41) is 10.5. The highest BCUT2D eigenvalue weighted by Crippen LogP contribution is 2.43. The standard InChI is InChI=1S/C28H28N6O2S/c1-3-17-4-6-18(7-5-17)22-21(16-29)26(31)32-27-23(22)24(30)25(37-27)28(35)34-14-12-33(13-15-34)19-8-10-20(36-2)11-9-19/h4-11H,3,12-15,30H2,1-2H3,(H2,31,32). The molecule has 0 unspecified atom stereocenters. The zero-order valence-corrected chi connectivity index (χ0v) is 21.6. The Bertz CT molecular complexity index is 1500. The van der Waals surface area contributed by atoms with Crippen molar-refractivity contribution < 1.29 is 9.53 Å². The summed E-state index contributed by atoms with van der Waals surface area (Å²) >= 11 is 1.23. The number of nitrogen functional groups attached to an aromatic ring is 2. The molecule has 0 spiro atoms. The predicted octanol–water partition coefficient (Wildman–Crippen LogP) is 4.53. The number of hydrogen-bond acceptors (Lipinski definition) is 8. The number of aromatic nitrogens is 1. The van der Waals surface area contributed by atoms with Gasteiger partial charge in [-0.1, -0.05) is 31.2 Å². The van der Waals surface area contributed by atoms with Crippen LogP contribution in [0.4, 0.5) is 17.2 Å². The first kappa shape index (κ1) is 24.4. The Morgan fingerprint density at radius 2 is 1.76 bits per heavy atom. The van der Waals surface area contributed by atoms with Crippen LogP contribution in [0.25, 0.3) is 21.3 Å². The van der Waals surface area contributed by atoms with Crippen LogP contribution < -0.4 is 21.1 Å². The smallest absolute Gasteiger partial charge is 0.266 e. The number of anilines is 3. The summed E-state index contributed by atoms with van der Waals surface area (Å²) in [7, 11) is 1.65. The number of nitriles is 1. The molecular weight excluding hydrogens is 484 g/mol. The summed E-state index contributed by atoms with van der Waals surface area (Å²) in [5.74, 6) is 0.824. The molecule has 1 aliphatic heterocycles. The number of fused-ring (bicyclic) bond motifs is 1. The molecule has 9 heteroatoms. The average molecular weight is 513 g/mol.